The molecule has 2 unspecified atom stereocenters. The fraction of sp³-hybridized carbons (Fsp3) is 1.00. The smallest absolute Gasteiger partial charge is 0.0622 e. The van der Waals surface area contributed by atoms with Gasteiger partial charge in [0.1, 0.15) is 0 Å². The average Bonchev–Trinajstić information content (AvgIpc) is 2.70. The normalized spacial score (nSPS) is 36.7. The van der Waals surface area contributed by atoms with Crippen LogP contribution in [-0.2, 0) is 4.74 Å². The van der Waals surface area contributed by atoms with Crippen LogP contribution in [0.5, 0.6) is 0 Å². The predicted molar refractivity (Wildman–Crippen MR) is 60.8 cm³/mol. The maximum atomic E-state index is 5.44. The number of hydrogen-bond donors (Lipinski definition) is 0. The van der Waals surface area contributed by atoms with Crippen LogP contribution in [-0.4, -0.2) is 53.6 Å². The van der Waals surface area contributed by atoms with Crippen molar-refractivity contribution < 1.29 is 4.74 Å². The van der Waals surface area contributed by atoms with Crippen LogP contribution in [0.25, 0.3) is 0 Å². The van der Waals surface area contributed by atoms with Crippen molar-refractivity contribution in [2.24, 2.45) is 0 Å². The molecule has 0 aliphatic carbocycles. The van der Waals surface area contributed by atoms with Crippen LogP contribution in [0.1, 0.15) is 6.42 Å². The molecular weight excluding hydrogens is 250 g/mol. The van der Waals surface area contributed by atoms with E-state index in [1.165, 1.54) is 24.5 Å². The molecule has 2 aliphatic rings. The van der Waals surface area contributed by atoms with E-state index < -0.39 is 0 Å². The van der Waals surface area contributed by atoms with Gasteiger partial charge in [0.15, 0.2) is 0 Å². The third-order valence-corrected chi connectivity index (χ3v) is 4.66. The molecule has 0 aromatic carbocycles. The van der Waals surface area contributed by atoms with Gasteiger partial charge in [0.25, 0.3) is 0 Å². The van der Waals surface area contributed by atoms with Gasteiger partial charge >= 0.3 is 0 Å². The Morgan fingerprint density at radius 3 is 3.15 bits per heavy atom. The lowest BCUT2D eigenvalue weighted by molar-refractivity contribution is 0.127. The maximum Gasteiger partial charge on any atom is 0.0622 e. The van der Waals surface area contributed by atoms with E-state index in [-0.39, 0.29) is 0 Å². The highest BCUT2D eigenvalue weighted by atomic mass is 79.9. The molecule has 0 bridgehead atoms. The van der Waals surface area contributed by atoms with E-state index >= 15 is 0 Å². The van der Waals surface area contributed by atoms with E-state index in [1.807, 2.05) is 0 Å². The van der Waals surface area contributed by atoms with Crippen molar-refractivity contribution in [1.29, 1.82) is 0 Å². The first-order valence-electron chi connectivity index (χ1n) is 4.89. The van der Waals surface area contributed by atoms with Crippen molar-refractivity contribution in [3.63, 3.8) is 0 Å². The van der Waals surface area contributed by atoms with Crippen LogP contribution in [0.4, 0.5) is 0 Å². The molecular formula is C9H16BrNOS. The summed E-state index contributed by atoms with van der Waals surface area (Å²) in [7, 11) is 0. The van der Waals surface area contributed by atoms with Crippen LogP contribution < -0.4 is 0 Å². The summed E-state index contributed by atoms with van der Waals surface area (Å²) in [5.74, 6) is 2.57. The fourth-order valence-corrected chi connectivity index (χ4v) is 4.06. The zero-order valence-corrected chi connectivity index (χ0v) is 10.1. The van der Waals surface area contributed by atoms with Gasteiger partial charge in [-0.2, -0.15) is 11.8 Å². The number of ether oxygens (including phenoxy) is 1. The predicted octanol–water partition coefficient (Wildman–Crippen LogP) is 1.59. The Hall–Kier alpha value is 0.750. The Kier molecular flexibility index (Phi) is 3.96. The molecule has 2 heterocycles. The zero-order valence-electron chi connectivity index (χ0n) is 7.75. The van der Waals surface area contributed by atoms with Gasteiger partial charge in [0.05, 0.1) is 6.61 Å². The van der Waals surface area contributed by atoms with Crippen LogP contribution in [0.2, 0.25) is 0 Å². The van der Waals surface area contributed by atoms with Crippen LogP contribution in [0.15, 0.2) is 0 Å². The van der Waals surface area contributed by atoms with Gasteiger partial charge in [-0.3, -0.25) is 4.90 Å². The average molecular weight is 266 g/mol. The molecule has 2 saturated heterocycles. The SMILES string of the molecule is BrCC1CSCCN1C1CCOC1. The number of rotatable bonds is 2. The zero-order chi connectivity index (χ0) is 9.10. The molecule has 2 nitrogen and oxygen atoms in total. The second-order valence-corrected chi connectivity index (χ2v) is 5.44. The first kappa shape index (κ1) is 10.3. The molecule has 0 aromatic rings. The first-order valence-corrected chi connectivity index (χ1v) is 7.16. The Morgan fingerprint density at radius 1 is 1.54 bits per heavy atom. The van der Waals surface area contributed by atoms with E-state index in [1.54, 1.807) is 0 Å². The largest absolute Gasteiger partial charge is 0.380 e. The quantitative estimate of drug-likeness (QED) is 0.704. The summed E-state index contributed by atoms with van der Waals surface area (Å²) in [5.41, 5.74) is 0. The van der Waals surface area contributed by atoms with E-state index in [4.69, 9.17) is 4.74 Å². The number of hydrogen-bond acceptors (Lipinski definition) is 3. The van der Waals surface area contributed by atoms with Crippen molar-refractivity contribution >= 4 is 27.7 Å². The number of nitrogens with zero attached hydrogens (tertiary/aromatic N) is 1. The maximum absolute atomic E-state index is 5.44. The Balaban J connectivity index is 1.93. The lowest BCUT2D eigenvalue weighted by Crippen LogP contribution is -2.49. The van der Waals surface area contributed by atoms with Crippen molar-refractivity contribution in [2.75, 3.05) is 36.6 Å². The molecule has 0 N–H and O–H groups in total. The Morgan fingerprint density at radius 2 is 2.46 bits per heavy atom. The van der Waals surface area contributed by atoms with Gasteiger partial charge in [-0.1, -0.05) is 15.9 Å². The molecule has 4 heteroatoms. The van der Waals surface area contributed by atoms with Gasteiger partial charge in [-0.15, -0.1) is 0 Å². The van der Waals surface area contributed by atoms with Gasteiger partial charge in [-0.05, 0) is 6.42 Å². The minimum atomic E-state index is 0.698. The molecule has 2 rings (SSSR count). The fourth-order valence-electron chi connectivity index (χ4n) is 2.07. The summed E-state index contributed by atoms with van der Waals surface area (Å²) < 4.78 is 5.44. The second-order valence-electron chi connectivity index (χ2n) is 3.64. The third kappa shape index (κ3) is 2.41. The third-order valence-electron chi connectivity index (χ3n) is 2.83. The van der Waals surface area contributed by atoms with Crippen LogP contribution in [0, 0.1) is 0 Å². The van der Waals surface area contributed by atoms with Crippen LogP contribution in [0.3, 0.4) is 0 Å². The van der Waals surface area contributed by atoms with Crippen LogP contribution >= 0.6 is 27.7 Å². The molecule has 2 aliphatic heterocycles. The van der Waals surface area contributed by atoms with Gasteiger partial charge < -0.3 is 4.74 Å². The standard InChI is InChI=1S/C9H16BrNOS/c10-5-9-7-13-4-2-11(9)8-1-3-12-6-8/h8-9H,1-7H2. The molecule has 0 radical (unpaired) electrons. The molecule has 0 amide bonds. The molecule has 2 atom stereocenters. The lowest BCUT2D eigenvalue weighted by atomic mass is 10.2. The molecule has 0 aromatic heterocycles. The Labute approximate surface area is 92.5 Å². The number of halogens is 1. The topological polar surface area (TPSA) is 12.5 Å². The van der Waals surface area contributed by atoms with Crippen molar-refractivity contribution in [3.05, 3.63) is 0 Å². The summed E-state index contributed by atoms with van der Waals surface area (Å²) in [6.07, 6.45) is 1.23. The van der Waals surface area contributed by atoms with Gasteiger partial charge in [-0.25, -0.2) is 0 Å². The van der Waals surface area contributed by atoms with Crippen molar-refractivity contribution in [1.82, 2.24) is 4.90 Å². The molecule has 0 spiro atoms. The number of alkyl halides is 1. The van der Waals surface area contributed by atoms with Crippen molar-refractivity contribution in [2.45, 2.75) is 18.5 Å². The first-order chi connectivity index (χ1) is 6.42. The molecule has 76 valence electrons. The Bertz CT molecular complexity index is 162. The minimum Gasteiger partial charge on any atom is -0.380 e. The lowest BCUT2D eigenvalue weighted by Gasteiger charge is -2.38. The van der Waals surface area contributed by atoms with Crippen molar-refractivity contribution in [3.8, 4) is 0 Å². The highest BCUT2D eigenvalue weighted by molar-refractivity contribution is 9.09. The molecule has 0 saturated carbocycles. The van der Waals surface area contributed by atoms with Gasteiger partial charge in [0, 0.05) is 42.1 Å². The summed E-state index contributed by atoms with van der Waals surface area (Å²) in [4.78, 5) is 2.64. The van der Waals surface area contributed by atoms with E-state index in [0.29, 0.717) is 6.04 Å². The minimum absolute atomic E-state index is 0.698. The monoisotopic (exact) mass is 265 g/mol. The van der Waals surface area contributed by atoms with E-state index in [2.05, 4.69) is 32.6 Å². The second kappa shape index (κ2) is 5.01. The highest BCUT2D eigenvalue weighted by Gasteiger charge is 2.30. The summed E-state index contributed by atoms with van der Waals surface area (Å²) in [6.45, 7) is 3.16. The summed E-state index contributed by atoms with van der Waals surface area (Å²) in [5, 5.41) is 1.11. The number of thioether (sulfide) groups is 1. The summed E-state index contributed by atoms with van der Waals surface area (Å²) in [6, 6.07) is 1.42. The van der Waals surface area contributed by atoms with Gasteiger partial charge in [0.2, 0.25) is 0 Å². The summed E-state index contributed by atoms with van der Waals surface area (Å²) >= 11 is 5.68. The highest BCUT2D eigenvalue weighted by Crippen LogP contribution is 2.23. The molecule has 2 fully saturated rings. The van der Waals surface area contributed by atoms with E-state index in [0.717, 1.165) is 24.6 Å². The van der Waals surface area contributed by atoms with E-state index in [9.17, 15) is 0 Å². The molecule has 13 heavy (non-hydrogen) atoms.